The number of benzene rings is 1. The molecule has 1 aliphatic carbocycles. The molecule has 0 radical (unpaired) electrons. The van der Waals surface area contributed by atoms with Crippen molar-refractivity contribution in [3.63, 3.8) is 0 Å². The van der Waals surface area contributed by atoms with E-state index in [-0.39, 0.29) is 5.97 Å². The topological polar surface area (TPSA) is 66.2 Å². The highest BCUT2D eigenvalue weighted by molar-refractivity contribution is 7.09. The van der Waals surface area contributed by atoms with Crippen LogP contribution in [0.1, 0.15) is 35.1 Å². The summed E-state index contributed by atoms with van der Waals surface area (Å²) in [5.41, 5.74) is 2.41. The Morgan fingerprint density at radius 1 is 1.37 bits per heavy atom. The van der Waals surface area contributed by atoms with E-state index in [4.69, 9.17) is 14.5 Å². The molecular formula is C20H21N3O3S. The first kappa shape index (κ1) is 17.7. The third-order valence-corrected chi connectivity index (χ3v) is 5.14. The van der Waals surface area contributed by atoms with Crippen molar-refractivity contribution in [1.82, 2.24) is 14.8 Å². The van der Waals surface area contributed by atoms with Crippen LogP contribution < -0.4 is 4.74 Å². The highest BCUT2D eigenvalue weighted by Gasteiger charge is 2.22. The van der Waals surface area contributed by atoms with Crippen molar-refractivity contribution in [1.29, 1.82) is 0 Å². The molecule has 4 rings (SSSR count). The summed E-state index contributed by atoms with van der Waals surface area (Å²) in [6.07, 6.45) is 5.76. The summed E-state index contributed by atoms with van der Waals surface area (Å²) in [6, 6.07) is 8.05. The number of hydrogen-bond donors (Lipinski definition) is 0. The number of esters is 1. The number of rotatable bonds is 8. The zero-order valence-corrected chi connectivity index (χ0v) is 15.9. The van der Waals surface area contributed by atoms with Gasteiger partial charge in [0.15, 0.2) is 0 Å². The van der Waals surface area contributed by atoms with Crippen molar-refractivity contribution in [2.24, 2.45) is 5.92 Å². The van der Waals surface area contributed by atoms with Crippen LogP contribution in [0.2, 0.25) is 0 Å². The van der Waals surface area contributed by atoms with Gasteiger partial charge in [-0.1, -0.05) is 12.1 Å². The Balaban J connectivity index is 1.42. The van der Waals surface area contributed by atoms with E-state index < -0.39 is 0 Å². The third-order valence-electron chi connectivity index (χ3n) is 4.31. The fourth-order valence-electron chi connectivity index (χ4n) is 2.67. The summed E-state index contributed by atoms with van der Waals surface area (Å²) >= 11 is 1.57. The van der Waals surface area contributed by atoms with E-state index in [1.165, 1.54) is 19.0 Å². The molecule has 1 aliphatic rings. The Bertz CT molecular complexity index is 930. The van der Waals surface area contributed by atoms with Gasteiger partial charge in [0.05, 0.1) is 37.2 Å². The van der Waals surface area contributed by atoms with E-state index >= 15 is 0 Å². The molecule has 0 saturated heterocycles. The highest BCUT2D eigenvalue weighted by atomic mass is 32.1. The SMILES string of the molecule is CCOC(=O)c1cnn(Cc2nc(-c3cccc(OCC4CC4)c3)cs2)c1. The van der Waals surface area contributed by atoms with Crippen LogP contribution in [0.3, 0.4) is 0 Å². The van der Waals surface area contributed by atoms with Gasteiger partial charge in [0, 0.05) is 17.1 Å². The van der Waals surface area contributed by atoms with Crippen LogP contribution in [0, 0.1) is 5.92 Å². The van der Waals surface area contributed by atoms with Crippen LogP contribution in [-0.4, -0.2) is 33.9 Å². The molecular weight excluding hydrogens is 362 g/mol. The Hall–Kier alpha value is -2.67. The molecule has 0 unspecified atom stereocenters. The summed E-state index contributed by atoms with van der Waals surface area (Å²) in [6.45, 7) is 3.45. The maximum absolute atomic E-state index is 11.7. The second-order valence-electron chi connectivity index (χ2n) is 6.56. The minimum absolute atomic E-state index is 0.350. The second-order valence-corrected chi connectivity index (χ2v) is 7.50. The third kappa shape index (κ3) is 4.54. The number of carbonyl (C=O) groups excluding carboxylic acids is 1. The fraction of sp³-hybridized carbons (Fsp3) is 0.350. The van der Waals surface area contributed by atoms with E-state index in [2.05, 4.69) is 5.10 Å². The molecule has 0 atom stereocenters. The Labute approximate surface area is 161 Å². The Morgan fingerprint density at radius 3 is 3.07 bits per heavy atom. The lowest BCUT2D eigenvalue weighted by atomic mass is 10.1. The molecule has 6 nitrogen and oxygen atoms in total. The average Bonchev–Trinajstić information content (AvgIpc) is 3.19. The summed E-state index contributed by atoms with van der Waals surface area (Å²) in [5.74, 6) is 1.26. The van der Waals surface area contributed by atoms with Crippen molar-refractivity contribution in [2.45, 2.75) is 26.3 Å². The highest BCUT2D eigenvalue weighted by Crippen LogP contribution is 2.31. The number of carbonyl (C=O) groups is 1. The maximum Gasteiger partial charge on any atom is 0.341 e. The normalized spacial score (nSPS) is 13.5. The number of thiazole rings is 1. The van der Waals surface area contributed by atoms with Crippen LogP contribution in [0.15, 0.2) is 42.0 Å². The van der Waals surface area contributed by atoms with E-state index in [0.717, 1.165) is 34.5 Å². The van der Waals surface area contributed by atoms with Crippen LogP contribution in [-0.2, 0) is 11.3 Å². The van der Waals surface area contributed by atoms with Gasteiger partial charge >= 0.3 is 5.97 Å². The standard InChI is InChI=1S/C20H21N3O3S/c1-2-25-20(24)16-9-21-23(10-16)11-19-22-18(13-27-19)15-4-3-5-17(8-15)26-12-14-6-7-14/h3-5,8-10,13-14H,2,6-7,11-12H2,1H3. The van der Waals surface area contributed by atoms with Gasteiger partial charge in [-0.15, -0.1) is 11.3 Å². The lowest BCUT2D eigenvalue weighted by Crippen LogP contribution is -2.04. The number of nitrogens with zero attached hydrogens (tertiary/aromatic N) is 3. The number of ether oxygens (including phenoxy) is 2. The van der Waals surface area contributed by atoms with E-state index in [1.54, 1.807) is 29.1 Å². The molecule has 1 aromatic carbocycles. The fourth-order valence-corrected chi connectivity index (χ4v) is 3.46. The lowest BCUT2D eigenvalue weighted by molar-refractivity contribution is 0.0526. The smallest absolute Gasteiger partial charge is 0.341 e. The predicted molar refractivity (Wildman–Crippen MR) is 103 cm³/mol. The first-order chi connectivity index (χ1) is 13.2. The van der Waals surface area contributed by atoms with E-state index in [9.17, 15) is 4.79 Å². The van der Waals surface area contributed by atoms with Crippen LogP contribution >= 0.6 is 11.3 Å². The van der Waals surface area contributed by atoms with Crippen molar-refractivity contribution >= 4 is 17.3 Å². The quantitative estimate of drug-likeness (QED) is 0.550. The van der Waals surface area contributed by atoms with Gasteiger partial charge in [0.1, 0.15) is 10.8 Å². The minimum atomic E-state index is -0.355. The van der Waals surface area contributed by atoms with Gasteiger partial charge in [0.25, 0.3) is 0 Å². The van der Waals surface area contributed by atoms with Gasteiger partial charge in [-0.3, -0.25) is 4.68 Å². The Morgan fingerprint density at radius 2 is 2.26 bits per heavy atom. The minimum Gasteiger partial charge on any atom is -0.493 e. The molecule has 2 aromatic heterocycles. The van der Waals surface area contributed by atoms with Crippen molar-refractivity contribution in [3.8, 4) is 17.0 Å². The first-order valence-electron chi connectivity index (χ1n) is 9.08. The zero-order valence-electron chi connectivity index (χ0n) is 15.1. The molecule has 2 heterocycles. The molecule has 0 N–H and O–H groups in total. The molecule has 0 aliphatic heterocycles. The van der Waals surface area contributed by atoms with E-state index in [1.807, 2.05) is 29.6 Å². The van der Waals surface area contributed by atoms with Gasteiger partial charge in [-0.05, 0) is 37.8 Å². The molecule has 7 heteroatoms. The van der Waals surface area contributed by atoms with Crippen molar-refractivity contribution < 1.29 is 14.3 Å². The van der Waals surface area contributed by atoms with Crippen LogP contribution in [0.5, 0.6) is 5.75 Å². The molecule has 1 fully saturated rings. The Kier molecular flexibility index (Phi) is 5.20. The summed E-state index contributed by atoms with van der Waals surface area (Å²) < 4.78 is 12.5. The molecule has 1 saturated carbocycles. The summed E-state index contributed by atoms with van der Waals surface area (Å²) in [7, 11) is 0. The summed E-state index contributed by atoms with van der Waals surface area (Å²) in [4.78, 5) is 16.4. The number of aromatic nitrogens is 3. The monoisotopic (exact) mass is 383 g/mol. The molecule has 140 valence electrons. The van der Waals surface area contributed by atoms with Crippen LogP contribution in [0.25, 0.3) is 11.3 Å². The molecule has 0 amide bonds. The van der Waals surface area contributed by atoms with Crippen molar-refractivity contribution in [3.05, 3.63) is 52.6 Å². The van der Waals surface area contributed by atoms with E-state index in [0.29, 0.717) is 18.7 Å². The zero-order chi connectivity index (χ0) is 18.6. The number of hydrogen-bond acceptors (Lipinski definition) is 6. The molecule has 0 spiro atoms. The molecule has 3 aromatic rings. The van der Waals surface area contributed by atoms with Crippen LogP contribution in [0.4, 0.5) is 0 Å². The molecule has 27 heavy (non-hydrogen) atoms. The van der Waals surface area contributed by atoms with Crippen molar-refractivity contribution in [2.75, 3.05) is 13.2 Å². The van der Waals surface area contributed by atoms with Gasteiger partial charge in [-0.25, -0.2) is 9.78 Å². The molecule has 0 bridgehead atoms. The second kappa shape index (κ2) is 7.92. The lowest BCUT2D eigenvalue weighted by Gasteiger charge is -2.06. The maximum atomic E-state index is 11.7. The van der Waals surface area contributed by atoms with Gasteiger partial charge < -0.3 is 9.47 Å². The van der Waals surface area contributed by atoms with Gasteiger partial charge in [0.2, 0.25) is 0 Å². The largest absolute Gasteiger partial charge is 0.493 e. The van der Waals surface area contributed by atoms with Gasteiger partial charge in [-0.2, -0.15) is 5.10 Å². The first-order valence-corrected chi connectivity index (χ1v) is 9.96. The average molecular weight is 383 g/mol. The predicted octanol–water partition coefficient (Wildman–Crippen LogP) is 4.02. The summed E-state index contributed by atoms with van der Waals surface area (Å²) in [5, 5.41) is 7.18.